The summed E-state index contributed by atoms with van der Waals surface area (Å²) in [6.07, 6.45) is -0.949. The molecule has 2 aliphatic rings. The summed E-state index contributed by atoms with van der Waals surface area (Å²) in [6.45, 7) is 2.31. The number of aryl methyl sites for hydroxylation is 1. The first-order valence-electron chi connectivity index (χ1n) is 8.74. The Kier molecular flexibility index (Phi) is 3.96. The number of hydrogen-bond acceptors (Lipinski definition) is 6. The van der Waals surface area contributed by atoms with E-state index in [1.165, 1.54) is 6.33 Å². The van der Waals surface area contributed by atoms with Crippen molar-refractivity contribution in [3.8, 4) is 0 Å². The molecule has 140 valence electrons. The fourth-order valence-electron chi connectivity index (χ4n) is 3.97. The van der Waals surface area contributed by atoms with Crippen molar-refractivity contribution in [3.63, 3.8) is 0 Å². The molecule has 0 bridgehead atoms. The van der Waals surface area contributed by atoms with Gasteiger partial charge in [-0.2, -0.15) is 0 Å². The summed E-state index contributed by atoms with van der Waals surface area (Å²) in [5, 5.41) is 22.8. The minimum atomic E-state index is -1.12. The first-order valence-corrected chi connectivity index (χ1v) is 9.12. The van der Waals surface area contributed by atoms with E-state index in [9.17, 15) is 10.2 Å². The number of benzene rings is 1. The molecule has 8 heteroatoms. The van der Waals surface area contributed by atoms with Gasteiger partial charge in [-0.1, -0.05) is 17.7 Å². The summed E-state index contributed by atoms with van der Waals surface area (Å²) < 4.78 is 13.7. The highest BCUT2D eigenvalue weighted by molar-refractivity contribution is 6.30. The van der Waals surface area contributed by atoms with Gasteiger partial charge in [0.15, 0.2) is 6.23 Å². The van der Waals surface area contributed by atoms with Crippen LogP contribution >= 0.6 is 11.6 Å². The van der Waals surface area contributed by atoms with Gasteiger partial charge in [-0.3, -0.25) is 0 Å². The summed E-state index contributed by atoms with van der Waals surface area (Å²) >= 11 is 6.12. The molecule has 2 aliphatic heterocycles. The molecule has 5 atom stereocenters. The van der Waals surface area contributed by atoms with E-state index in [-0.39, 0.29) is 0 Å². The number of aliphatic hydroxyl groups is 2. The Balaban J connectivity index is 1.50. The second kappa shape index (κ2) is 6.25. The van der Waals surface area contributed by atoms with E-state index in [1.54, 1.807) is 10.8 Å². The van der Waals surface area contributed by atoms with E-state index in [0.29, 0.717) is 17.3 Å². The van der Waals surface area contributed by atoms with Crippen molar-refractivity contribution in [1.29, 1.82) is 0 Å². The van der Waals surface area contributed by atoms with Gasteiger partial charge in [-0.05, 0) is 36.2 Å². The third-order valence-corrected chi connectivity index (χ3v) is 5.62. The van der Waals surface area contributed by atoms with Crippen LogP contribution in [0.3, 0.4) is 0 Å². The number of aliphatic hydroxyl groups excluding tert-OH is 2. The Labute approximate surface area is 160 Å². The Morgan fingerprint density at radius 2 is 2.04 bits per heavy atom. The predicted molar refractivity (Wildman–Crippen MR) is 97.2 cm³/mol. The third-order valence-electron chi connectivity index (χ3n) is 5.39. The molecule has 0 radical (unpaired) electrons. The molecule has 1 saturated heterocycles. The third kappa shape index (κ3) is 2.58. The van der Waals surface area contributed by atoms with E-state index in [2.05, 4.69) is 9.97 Å². The highest BCUT2D eigenvalue weighted by Gasteiger charge is 2.49. The molecule has 0 saturated carbocycles. The lowest BCUT2D eigenvalue weighted by Gasteiger charge is -2.22. The molecule has 5 rings (SSSR count). The molecule has 1 fully saturated rings. The van der Waals surface area contributed by atoms with Crippen LogP contribution in [0.1, 0.15) is 29.2 Å². The molecule has 0 amide bonds. The molecule has 0 spiro atoms. The van der Waals surface area contributed by atoms with Gasteiger partial charge in [0, 0.05) is 16.6 Å². The van der Waals surface area contributed by atoms with Gasteiger partial charge in [-0.15, -0.1) is 0 Å². The molecule has 1 aromatic carbocycles. The lowest BCUT2D eigenvalue weighted by molar-refractivity contribution is -0.104. The average molecular weight is 388 g/mol. The number of fused-ring (bicyclic) bond motifs is 2. The van der Waals surface area contributed by atoms with Crippen molar-refractivity contribution < 1.29 is 19.7 Å². The summed E-state index contributed by atoms with van der Waals surface area (Å²) in [7, 11) is 0. The smallest absolute Gasteiger partial charge is 0.164 e. The predicted octanol–water partition coefficient (Wildman–Crippen LogP) is 2.28. The molecule has 3 aromatic rings. The van der Waals surface area contributed by atoms with Crippen molar-refractivity contribution in [2.75, 3.05) is 0 Å². The fourth-order valence-corrected chi connectivity index (χ4v) is 4.15. The first kappa shape index (κ1) is 17.1. The van der Waals surface area contributed by atoms with Crippen LogP contribution in [0.15, 0.2) is 36.8 Å². The monoisotopic (exact) mass is 387 g/mol. The van der Waals surface area contributed by atoms with E-state index < -0.39 is 30.6 Å². The summed E-state index contributed by atoms with van der Waals surface area (Å²) in [5.74, 6) is 0. The lowest BCUT2D eigenvalue weighted by Crippen LogP contribution is -2.34. The van der Waals surface area contributed by atoms with Crippen molar-refractivity contribution in [1.82, 2.24) is 14.5 Å². The van der Waals surface area contributed by atoms with Gasteiger partial charge < -0.3 is 24.3 Å². The minimum absolute atomic E-state index is 0.420. The van der Waals surface area contributed by atoms with E-state index in [1.807, 2.05) is 31.2 Å². The highest BCUT2D eigenvalue weighted by Crippen LogP contribution is 2.43. The molecule has 27 heavy (non-hydrogen) atoms. The van der Waals surface area contributed by atoms with Crippen molar-refractivity contribution in [3.05, 3.63) is 58.6 Å². The van der Waals surface area contributed by atoms with Crippen molar-refractivity contribution in [2.45, 2.75) is 44.2 Å². The summed E-state index contributed by atoms with van der Waals surface area (Å²) in [4.78, 5) is 8.49. The normalized spacial score (nSPS) is 30.1. The van der Waals surface area contributed by atoms with Crippen LogP contribution < -0.4 is 0 Å². The van der Waals surface area contributed by atoms with Gasteiger partial charge in [0.2, 0.25) is 0 Å². The SMILES string of the molecule is Cc1ncnc2c1ccn2[C@@H]1O[C@H]([C@@H]2OCc3ccc(Cl)cc32)[C@@H](O)[C@H]1O. The second-order valence-electron chi connectivity index (χ2n) is 6.97. The quantitative estimate of drug-likeness (QED) is 0.701. The van der Waals surface area contributed by atoms with Crippen LogP contribution in [0.5, 0.6) is 0 Å². The van der Waals surface area contributed by atoms with Gasteiger partial charge in [0.05, 0.1) is 12.3 Å². The van der Waals surface area contributed by atoms with E-state index >= 15 is 0 Å². The van der Waals surface area contributed by atoms with Crippen LogP contribution in [0, 0.1) is 6.92 Å². The van der Waals surface area contributed by atoms with Crippen molar-refractivity contribution in [2.24, 2.45) is 0 Å². The van der Waals surface area contributed by atoms with Crippen LogP contribution in [0.4, 0.5) is 0 Å². The molecular weight excluding hydrogens is 370 g/mol. The van der Waals surface area contributed by atoms with Crippen LogP contribution in [-0.4, -0.2) is 43.1 Å². The van der Waals surface area contributed by atoms with Crippen LogP contribution in [-0.2, 0) is 16.1 Å². The standard InChI is InChI=1S/C19H18ClN3O4/c1-9-12-4-5-23(18(12)22-8-21-9)19-15(25)14(24)17(27-19)16-13-6-11(20)3-2-10(13)7-26-16/h2-6,8,14-17,19,24-25H,7H2,1H3/t14-,15+,16+,17-,19+/m0/s1. The Hall–Kier alpha value is -2.03. The topological polar surface area (TPSA) is 89.6 Å². The van der Waals surface area contributed by atoms with Gasteiger partial charge in [0.25, 0.3) is 0 Å². The molecule has 4 heterocycles. The minimum Gasteiger partial charge on any atom is -0.387 e. The summed E-state index contributed by atoms with van der Waals surface area (Å²) in [6, 6.07) is 7.42. The molecule has 2 aromatic heterocycles. The number of hydrogen-bond donors (Lipinski definition) is 2. The molecular formula is C19H18ClN3O4. The average Bonchev–Trinajstić information content (AvgIpc) is 3.33. The zero-order valence-corrected chi connectivity index (χ0v) is 15.2. The highest BCUT2D eigenvalue weighted by atomic mass is 35.5. The van der Waals surface area contributed by atoms with Crippen LogP contribution in [0.25, 0.3) is 11.0 Å². The maximum absolute atomic E-state index is 10.7. The first-order chi connectivity index (χ1) is 13.0. The Bertz CT molecular complexity index is 1020. The largest absolute Gasteiger partial charge is 0.387 e. The number of aromatic nitrogens is 3. The van der Waals surface area contributed by atoms with Gasteiger partial charge >= 0.3 is 0 Å². The molecule has 0 aliphatic carbocycles. The van der Waals surface area contributed by atoms with Crippen molar-refractivity contribution >= 4 is 22.6 Å². The molecule has 0 unspecified atom stereocenters. The number of rotatable bonds is 2. The summed E-state index contributed by atoms with van der Waals surface area (Å²) in [5.41, 5.74) is 3.38. The zero-order chi connectivity index (χ0) is 18.7. The van der Waals surface area contributed by atoms with E-state index in [0.717, 1.165) is 22.2 Å². The second-order valence-corrected chi connectivity index (χ2v) is 7.40. The number of ether oxygens (including phenoxy) is 2. The number of nitrogens with zero attached hydrogens (tertiary/aromatic N) is 3. The van der Waals surface area contributed by atoms with Gasteiger partial charge in [-0.25, -0.2) is 9.97 Å². The fraction of sp³-hybridized carbons (Fsp3) is 0.368. The van der Waals surface area contributed by atoms with E-state index in [4.69, 9.17) is 21.1 Å². The Morgan fingerprint density at radius 3 is 2.89 bits per heavy atom. The maximum Gasteiger partial charge on any atom is 0.164 e. The van der Waals surface area contributed by atoms with Gasteiger partial charge in [0.1, 0.15) is 36.4 Å². The molecule has 2 N–H and O–H groups in total. The molecule has 7 nitrogen and oxygen atoms in total. The van der Waals surface area contributed by atoms with Crippen LogP contribution in [0.2, 0.25) is 5.02 Å². The Morgan fingerprint density at radius 1 is 1.19 bits per heavy atom. The maximum atomic E-state index is 10.7. The lowest BCUT2D eigenvalue weighted by atomic mass is 9.97. The number of halogens is 1. The zero-order valence-electron chi connectivity index (χ0n) is 14.5.